The lowest BCUT2D eigenvalue weighted by Gasteiger charge is -2.14. The Morgan fingerprint density at radius 2 is 2.44 bits per heavy atom. The van der Waals surface area contributed by atoms with Crippen LogP contribution in [-0.4, -0.2) is 22.1 Å². The third-order valence-corrected chi connectivity index (χ3v) is 3.27. The standard InChI is InChI=1S/C13H20N4O/c1-9(7-10-4-5-10)16-8-11-3-2-6-15-12(11)13(14)17-18/h2-3,6,9-10,16,18H,4-5,7-8H2,1H3,(H2,14,17). The minimum absolute atomic E-state index is 0.0576. The van der Waals surface area contributed by atoms with Gasteiger partial charge in [0.25, 0.3) is 0 Å². The number of pyridine rings is 1. The molecular weight excluding hydrogens is 228 g/mol. The van der Waals surface area contributed by atoms with Crippen LogP contribution in [0.15, 0.2) is 23.5 Å². The van der Waals surface area contributed by atoms with Crippen molar-refractivity contribution >= 4 is 5.84 Å². The maximum Gasteiger partial charge on any atom is 0.189 e. The van der Waals surface area contributed by atoms with Crippen LogP contribution in [0.2, 0.25) is 0 Å². The Bertz CT molecular complexity index is 429. The Hall–Kier alpha value is -1.62. The van der Waals surface area contributed by atoms with Crippen molar-refractivity contribution < 1.29 is 5.21 Å². The number of rotatable bonds is 6. The summed E-state index contributed by atoms with van der Waals surface area (Å²) in [6.45, 7) is 2.88. The quantitative estimate of drug-likeness (QED) is 0.308. The highest BCUT2D eigenvalue weighted by molar-refractivity contribution is 5.96. The molecule has 2 rings (SSSR count). The van der Waals surface area contributed by atoms with Crippen LogP contribution in [0.5, 0.6) is 0 Å². The van der Waals surface area contributed by atoms with Gasteiger partial charge in [0.2, 0.25) is 0 Å². The summed E-state index contributed by atoms with van der Waals surface area (Å²) in [4.78, 5) is 4.14. The molecule has 0 amide bonds. The maximum absolute atomic E-state index is 8.72. The third kappa shape index (κ3) is 3.43. The summed E-state index contributed by atoms with van der Waals surface area (Å²) in [6, 6.07) is 4.28. The number of aromatic nitrogens is 1. The molecule has 1 fully saturated rings. The zero-order chi connectivity index (χ0) is 13.0. The van der Waals surface area contributed by atoms with Crippen LogP contribution in [0, 0.1) is 5.92 Å². The maximum atomic E-state index is 8.72. The molecule has 98 valence electrons. The first-order valence-electron chi connectivity index (χ1n) is 6.36. The highest BCUT2D eigenvalue weighted by Gasteiger charge is 2.23. The van der Waals surface area contributed by atoms with Gasteiger partial charge in [-0.25, -0.2) is 0 Å². The second kappa shape index (κ2) is 5.82. The molecule has 1 aromatic rings. The van der Waals surface area contributed by atoms with Gasteiger partial charge in [0.15, 0.2) is 5.84 Å². The van der Waals surface area contributed by atoms with Crippen LogP contribution in [0.3, 0.4) is 0 Å². The van der Waals surface area contributed by atoms with Crippen LogP contribution < -0.4 is 11.1 Å². The monoisotopic (exact) mass is 248 g/mol. The number of oxime groups is 1. The largest absolute Gasteiger partial charge is 0.409 e. The van der Waals surface area contributed by atoms with E-state index in [0.717, 1.165) is 11.5 Å². The molecule has 0 radical (unpaired) electrons. The normalized spacial score (nSPS) is 17.7. The summed E-state index contributed by atoms with van der Waals surface area (Å²) < 4.78 is 0. The molecule has 1 aliphatic carbocycles. The van der Waals surface area contributed by atoms with Crippen molar-refractivity contribution in [2.45, 2.75) is 38.8 Å². The smallest absolute Gasteiger partial charge is 0.189 e. The lowest BCUT2D eigenvalue weighted by molar-refractivity contribution is 0.318. The summed E-state index contributed by atoms with van der Waals surface area (Å²) in [5.74, 6) is 0.965. The Morgan fingerprint density at radius 1 is 1.67 bits per heavy atom. The van der Waals surface area contributed by atoms with E-state index >= 15 is 0 Å². The number of nitrogens with zero attached hydrogens (tertiary/aromatic N) is 2. The number of nitrogens with two attached hydrogens (primary N) is 1. The van der Waals surface area contributed by atoms with Gasteiger partial charge in [0, 0.05) is 18.8 Å². The molecule has 1 aromatic heterocycles. The van der Waals surface area contributed by atoms with E-state index in [4.69, 9.17) is 10.9 Å². The van der Waals surface area contributed by atoms with Crippen LogP contribution in [0.25, 0.3) is 0 Å². The number of nitrogens with one attached hydrogen (secondary N) is 1. The number of amidine groups is 1. The van der Waals surface area contributed by atoms with Crippen molar-refractivity contribution in [2.24, 2.45) is 16.8 Å². The fraction of sp³-hybridized carbons (Fsp3) is 0.538. The fourth-order valence-corrected chi connectivity index (χ4v) is 2.08. The predicted octanol–water partition coefficient (Wildman–Crippen LogP) is 1.45. The minimum atomic E-state index is 0.0576. The van der Waals surface area contributed by atoms with E-state index in [-0.39, 0.29) is 5.84 Å². The van der Waals surface area contributed by atoms with Crippen molar-refractivity contribution in [3.63, 3.8) is 0 Å². The van der Waals surface area contributed by atoms with Gasteiger partial charge in [0.05, 0.1) is 0 Å². The molecule has 0 aromatic carbocycles. The van der Waals surface area contributed by atoms with E-state index < -0.39 is 0 Å². The Kier molecular flexibility index (Phi) is 4.15. The van der Waals surface area contributed by atoms with Gasteiger partial charge in [-0.3, -0.25) is 4.98 Å². The molecule has 4 N–H and O–H groups in total. The fourth-order valence-electron chi connectivity index (χ4n) is 2.08. The molecule has 0 bridgehead atoms. The van der Waals surface area contributed by atoms with Crippen molar-refractivity contribution in [3.05, 3.63) is 29.6 Å². The van der Waals surface area contributed by atoms with Crippen LogP contribution in [0.4, 0.5) is 0 Å². The van der Waals surface area contributed by atoms with Gasteiger partial charge in [-0.05, 0) is 30.9 Å². The molecule has 18 heavy (non-hydrogen) atoms. The molecule has 5 nitrogen and oxygen atoms in total. The molecule has 1 unspecified atom stereocenters. The molecular formula is C13H20N4O. The van der Waals surface area contributed by atoms with E-state index in [0.29, 0.717) is 18.3 Å². The van der Waals surface area contributed by atoms with Crippen molar-refractivity contribution in [2.75, 3.05) is 0 Å². The minimum Gasteiger partial charge on any atom is -0.409 e. The van der Waals surface area contributed by atoms with Crippen LogP contribution >= 0.6 is 0 Å². The number of hydrogen-bond acceptors (Lipinski definition) is 4. The van der Waals surface area contributed by atoms with Gasteiger partial charge in [-0.2, -0.15) is 0 Å². The van der Waals surface area contributed by atoms with Gasteiger partial charge >= 0.3 is 0 Å². The molecule has 1 heterocycles. The Morgan fingerprint density at radius 3 is 3.11 bits per heavy atom. The van der Waals surface area contributed by atoms with Crippen LogP contribution in [-0.2, 0) is 6.54 Å². The van der Waals surface area contributed by atoms with Crippen molar-refractivity contribution in [1.29, 1.82) is 0 Å². The van der Waals surface area contributed by atoms with E-state index in [9.17, 15) is 0 Å². The first-order chi connectivity index (χ1) is 8.70. The van der Waals surface area contributed by atoms with Crippen molar-refractivity contribution in [1.82, 2.24) is 10.3 Å². The summed E-state index contributed by atoms with van der Waals surface area (Å²) >= 11 is 0. The van der Waals surface area contributed by atoms with E-state index in [2.05, 4.69) is 22.4 Å². The topological polar surface area (TPSA) is 83.5 Å². The lowest BCUT2D eigenvalue weighted by Crippen LogP contribution is -2.28. The first-order valence-corrected chi connectivity index (χ1v) is 6.36. The lowest BCUT2D eigenvalue weighted by atomic mass is 10.1. The molecule has 1 atom stereocenters. The second-order valence-corrected chi connectivity index (χ2v) is 4.96. The molecule has 5 heteroatoms. The summed E-state index contributed by atoms with van der Waals surface area (Å²) in [5.41, 5.74) is 7.10. The third-order valence-electron chi connectivity index (χ3n) is 3.27. The van der Waals surface area contributed by atoms with Gasteiger partial charge in [-0.1, -0.05) is 24.1 Å². The van der Waals surface area contributed by atoms with E-state index in [1.165, 1.54) is 19.3 Å². The summed E-state index contributed by atoms with van der Waals surface area (Å²) in [5, 5.41) is 15.2. The molecule has 0 saturated heterocycles. The number of hydrogen-bond donors (Lipinski definition) is 3. The average molecular weight is 248 g/mol. The average Bonchev–Trinajstić information content (AvgIpc) is 3.19. The summed E-state index contributed by atoms with van der Waals surface area (Å²) in [7, 11) is 0. The van der Waals surface area contributed by atoms with Gasteiger partial charge in [0.1, 0.15) is 5.69 Å². The van der Waals surface area contributed by atoms with E-state index in [1.807, 2.05) is 12.1 Å². The zero-order valence-electron chi connectivity index (χ0n) is 10.6. The second-order valence-electron chi connectivity index (χ2n) is 4.96. The first kappa shape index (κ1) is 12.8. The van der Waals surface area contributed by atoms with Gasteiger partial charge < -0.3 is 16.3 Å². The SMILES string of the molecule is CC(CC1CC1)NCc1cccnc1C(N)=NO. The highest BCUT2D eigenvalue weighted by atomic mass is 16.4. The Balaban J connectivity index is 1.95. The molecule has 0 spiro atoms. The predicted molar refractivity (Wildman–Crippen MR) is 70.4 cm³/mol. The summed E-state index contributed by atoms with van der Waals surface area (Å²) in [6.07, 6.45) is 5.60. The van der Waals surface area contributed by atoms with Crippen molar-refractivity contribution in [3.8, 4) is 0 Å². The van der Waals surface area contributed by atoms with Gasteiger partial charge in [-0.15, -0.1) is 0 Å². The van der Waals surface area contributed by atoms with Crippen LogP contribution in [0.1, 0.15) is 37.4 Å². The molecule has 1 saturated carbocycles. The molecule has 0 aliphatic heterocycles. The zero-order valence-corrected chi connectivity index (χ0v) is 10.6. The Labute approximate surface area is 107 Å². The highest BCUT2D eigenvalue weighted by Crippen LogP contribution is 2.33. The van der Waals surface area contributed by atoms with E-state index in [1.54, 1.807) is 6.20 Å². The molecule has 1 aliphatic rings.